The Balaban J connectivity index is 2.84. The number of aryl methyl sites for hydroxylation is 1. The molecule has 0 radical (unpaired) electrons. The molecule has 0 saturated carbocycles. The molecular formula is C8H9O5S-. The van der Waals surface area contributed by atoms with E-state index in [2.05, 4.69) is 0 Å². The minimum atomic E-state index is -2.16. The zero-order valence-corrected chi connectivity index (χ0v) is 7.95. The molecule has 1 unspecified atom stereocenters. The van der Waals surface area contributed by atoms with Gasteiger partial charge in [-0.25, -0.2) is 0 Å². The molecule has 0 aliphatic carbocycles. The van der Waals surface area contributed by atoms with Crippen molar-refractivity contribution in [1.29, 1.82) is 0 Å². The third-order valence-corrected chi connectivity index (χ3v) is 2.22. The van der Waals surface area contributed by atoms with Crippen molar-refractivity contribution in [3.63, 3.8) is 0 Å². The Labute approximate surface area is 82.9 Å². The second kappa shape index (κ2) is 4.30. The van der Waals surface area contributed by atoms with E-state index in [0.717, 1.165) is 0 Å². The van der Waals surface area contributed by atoms with Crippen LogP contribution in [0.25, 0.3) is 0 Å². The van der Waals surface area contributed by atoms with Crippen LogP contribution in [-0.2, 0) is 17.5 Å². The van der Waals surface area contributed by atoms with Gasteiger partial charge in [0.25, 0.3) is 0 Å². The monoisotopic (exact) mass is 217 g/mol. The van der Waals surface area contributed by atoms with Gasteiger partial charge in [-0.3, -0.25) is 4.21 Å². The minimum Gasteiger partial charge on any atom is -0.772 e. The van der Waals surface area contributed by atoms with Crippen molar-refractivity contribution in [2.24, 2.45) is 0 Å². The second-order valence-corrected chi connectivity index (χ2v) is 3.76. The summed E-state index contributed by atoms with van der Waals surface area (Å²) in [5.41, 5.74) is 0.446. The van der Waals surface area contributed by atoms with Crippen molar-refractivity contribution in [2.45, 2.75) is 6.42 Å². The maximum Gasteiger partial charge on any atom is 0.200 e. The van der Waals surface area contributed by atoms with Crippen LogP contribution in [0, 0.1) is 0 Å². The molecule has 3 N–H and O–H groups in total. The van der Waals surface area contributed by atoms with Gasteiger partial charge < -0.3 is 19.9 Å². The first kappa shape index (κ1) is 10.8. The summed E-state index contributed by atoms with van der Waals surface area (Å²) in [5.74, 6) is -1.62. The van der Waals surface area contributed by atoms with Gasteiger partial charge in [0.05, 0.1) is 0 Å². The van der Waals surface area contributed by atoms with Crippen LogP contribution in [0.2, 0.25) is 0 Å². The maximum absolute atomic E-state index is 10.2. The normalized spacial score (nSPS) is 12.6. The van der Waals surface area contributed by atoms with Crippen LogP contribution in [0.5, 0.6) is 17.2 Å². The molecule has 1 atom stereocenters. The van der Waals surface area contributed by atoms with E-state index < -0.39 is 28.3 Å². The van der Waals surface area contributed by atoms with Gasteiger partial charge in [-0.15, -0.1) is 0 Å². The van der Waals surface area contributed by atoms with Crippen molar-refractivity contribution in [3.05, 3.63) is 17.7 Å². The number of aromatic hydroxyl groups is 3. The molecule has 5 nitrogen and oxygen atoms in total. The van der Waals surface area contributed by atoms with Gasteiger partial charge in [-0.05, 0) is 24.1 Å². The molecule has 78 valence electrons. The molecule has 1 rings (SSSR count). The molecule has 0 bridgehead atoms. The van der Waals surface area contributed by atoms with Crippen LogP contribution in [-0.4, -0.2) is 29.8 Å². The average Bonchev–Trinajstić information content (AvgIpc) is 2.10. The zero-order valence-electron chi connectivity index (χ0n) is 7.14. The van der Waals surface area contributed by atoms with E-state index in [-0.39, 0.29) is 12.2 Å². The molecule has 6 heteroatoms. The summed E-state index contributed by atoms with van der Waals surface area (Å²) in [6.45, 7) is 0. The lowest BCUT2D eigenvalue weighted by molar-refractivity contribution is 0.367. The highest BCUT2D eigenvalue weighted by Crippen LogP contribution is 2.35. The molecular weight excluding hydrogens is 208 g/mol. The van der Waals surface area contributed by atoms with E-state index in [9.17, 15) is 8.76 Å². The van der Waals surface area contributed by atoms with E-state index in [1.807, 2.05) is 0 Å². The highest BCUT2D eigenvalue weighted by atomic mass is 32.2. The standard InChI is InChI=1S/C8H10O5S/c9-6-3-5(1-2-14(12)13)4-7(10)8(6)11/h3-4,9-11H,1-2H2,(H,12,13)/p-1. The topological polar surface area (TPSA) is 101 Å². The Morgan fingerprint density at radius 1 is 1.21 bits per heavy atom. The highest BCUT2D eigenvalue weighted by Gasteiger charge is 2.07. The summed E-state index contributed by atoms with van der Waals surface area (Å²) in [7, 11) is 0. The lowest BCUT2D eigenvalue weighted by atomic mass is 10.1. The van der Waals surface area contributed by atoms with Gasteiger partial charge in [-0.2, -0.15) is 0 Å². The van der Waals surface area contributed by atoms with E-state index in [1.54, 1.807) is 0 Å². The molecule has 0 amide bonds. The molecule has 1 aromatic rings. The fourth-order valence-corrected chi connectivity index (χ4v) is 1.41. The van der Waals surface area contributed by atoms with Gasteiger partial charge >= 0.3 is 0 Å². The summed E-state index contributed by atoms with van der Waals surface area (Å²) in [5, 5.41) is 27.2. The maximum atomic E-state index is 10.2. The molecule has 0 saturated heterocycles. The van der Waals surface area contributed by atoms with Crippen LogP contribution in [0.15, 0.2) is 12.1 Å². The van der Waals surface area contributed by atoms with Crippen molar-refractivity contribution in [3.8, 4) is 17.2 Å². The Morgan fingerprint density at radius 2 is 1.71 bits per heavy atom. The quantitative estimate of drug-likeness (QED) is 0.497. The fourth-order valence-electron chi connectivity index (χ4n) is 1.01. The highest BCUT2D eigenvalue weighted by molar-refractivity contribution is 7.79. The van der Waals surface area contributed by atoms with Gasteiger partial charge in [0.15, 0.2) is 17.2 Å². The molecule has 14 heavy (non-hydrogen) atoms. The molecule has 0 aliphatic rings. The number of hydrogen-bond acceptors (Lipinski definition) is 5. The van der Waals surface area contributed by atoms with Crippen molar-refractivity contribution in [1.82, 2.24) is 0 Å². The third kappa shape index (κ3) is 2.61. The predicted octanol–water partition coefficient (Wildman–Crippen LogP) is 0.225. The Hall–Kier alpha value is -1.27. The van der Waals surface area contributed by atoms with Crippen molar-refractivity contribution < 1.29 is 24.1 Å². The average molecular weight is 217 g/mol. The van der Waals surface area contributed by atoms with Gasteiger partial charge in [0.1, 0.15) is 0 Å². The summed E-state index contributed by atoms with van der Waals surface area (Å²) in [4.78, 5) is 0. The van der Waals surface area contributed by atoms with Crippen LogP contribution in [0.1, 0.15) is 5.56 Å². The SMILES string of the molecule is O=S([O-])CCc1cc(O)c(O)c(O)c1. The summed E-state index contributed by atoms with van der Waals surface area (Å²) in [6, 6.07) is 2.42. The zero-order chi connectivity index (χ0) is 10.7. The van der Waals surface area contributed by atoms with Crippen molar-refractivity contribution in [2.75, 3.05) is 5.75 Å². The molecule has 0 fully saturated rings. The number of phenols is 3. The number of phenolic OH excluding ortho intramolecular Hbond substituents is 3. The first-order valence-electron chi connectivity index (χ1n) is 3.80. The van der Waals surface area contributed by atoms with Gasteiger partial charge in [0.2, 0.25) is 0 Å². The van der Waals surface area contributed by atoms with E-state index in [0.29, 0.717) is 5.56 Å². The van der Waals surface area contributed by atoms with E-state index in [1.165, 1.54) is 12.1 Å². The van der Waals surface area contributed by atoms with Crippen LogP contribution in [0.3, 0.4) is 0 Å². The molecule has 0 aliphatic heterocycles. The summed E-state index contributed by atoms with van der Waals surface area (Å²) < 4.78 is 20.5. The van der Waals surface area contributed by atoms with Crippen LogP contribution in [0.4, 0.5) is 0 Å². The number of benzene rings is 1. The van der Waals surface area contributed by atoms with Crippen molar-refractivity contribution >= 4 is 11.1 Å². The Bertz CT molecular complexity index is 340. The number of hydrogen-bond donors (Lipinski definition) is 3. The second-order valence-electron chi connectivity index (χ2n) is 2.74. The molecule has 0 aromatic heterocycles. The lowest BCUT2D eigenvalue weighted by Gasteiger charge is -2.07. The van der Waals surface area contributed by atoms with Crippen LogP contribution >= 0.6 is 0 Å². The van der Waals surface area contributed by atoms with Gasteiger partial charge in [0, 0.05) is 5.75 Å². The molecule has 1 aromatic carbocycles. The first-order chi connectivity index (χ1) is 6.50. The number of rotatable bonds is 3. The Kier molecular flexibility index (Phi) is 3.32. The Morgan fingerprint density at radius 3 is 2.14 bits per heavy atom. The summed E-state index contributed by atoms with van der Waals surface area (Å²) in [6.07, 6.45) is 0.178. The lowest BCUT2D eigenvalue weighted by Crippen LogP contribution is -1.99. The smallest absolute Gasteiger partial charge is 0.200 e. The molecule has 0 spiro atoms. The predicted molar refractivity (Wildman–Crippen MR) is 48.9 cm³/mol. The van der Waals surface area contributed by atoms with E-state index in [4.69, 9.17) is 15.3 Å². The van der Waals surface area contributed by atoms with E-state index >= 15 is 0 Å². The third-order valence-electron chi connectivity index (χ3n) is 1.69. The molecule has 0 heterocycles. The first-order valence-corrected chi connectivity index (χ1v) is 5.05. The van der Waals surface area contributed by atoms with Gasteiger partial charge in [-0.1, -0.05) is 11.1 Å². The van der Waals surface area contributed by atoms with Crippen LogP contribution < -0.4 is 0 Å². The largest absolute Gasteiger partial charge is 0.772 e. The minimum absolute atomic E-state index is 0.0936. The fraction of sp³-hybridized carbons (Fsp3) is 0.250. The summed E-state index contributed by atoms with van der Waals surface area (Å²) >= 11 is -2.16.